The van der Waals surface area contributed by atoms with Crippen LogP contribution in [0.5, 0.6) is 0 Å². The van der Waals surface area contributed by atoms with E-state index in [2.05, 4.69) is 35.1 Å². The number of thiophene rings is 1. The number of nitrogens with zero attached hydrogens (tertiary/aromatic N) is 3. The Kier molecular flexibility index (Phi) is 5.07. The van der Waals surface area contributed by atoms with Crippen molar-refractivity contribution in [2.75, 3.05) is 19.8 Å². The van der Waals surface area contributed by atoms with Crippen molar-refractivity contribution in [2.45, 2.75) is 39.2 Å². The lowest BCUT2D eigenvalue weighted by molar-refractivity contribution is -0.140. The average molecular weight is 334 g/mol. The maximum absolute atomic E-state index is 12.6. The molecular weight excluding hydrogens is 312 g/mol. The monoisotopic (exact) mass is 334 g/mol. The normalized spacial score (nSPS) is 18.3. The first kappa shape index (κ1) is 16.1. The number of H-pyrrole nitrogens is 1. The second-order valence-electron chi connectivity index (χ2n) is 5.84. The summed E-state index contributed by atoms with van der Waals surface area (Å²) in [4.78, 5) is 21.3. The summed E-state index contributed by atoms with van der Waals surface area (Å²) in [7, 11) is 0. The zero-order valence-corrected chi connectivity index (χ0v) is 14.4. The molecule has 0 saturated carbocycles. The first-order valence-electron chi connectivity index (χ1n) is 7.93. The van der Waals surface area contributed by atoms with Crippen molar-refractivity contribution in [3.05, 3.63) is 33.5 Å². The summed E-state index contributed by atoms with van der Waals surface area (Å²) in [5.74, 6) is 0.863. The van der Waals surface area contributed by atoms with Gasteiger partial charge >= 0.3 is 0 Å². The fraction of sp³-hybridized carbons (Fsp3) is 0.562. The SMILES string of the molecule is Cc1cc(CCCC(=O)N2CCOC[C@@H]2c2ncn[nH]2)c(C)s1. The van der Waals surface area contributed by atoms with Crippen molar-refractivity contribution < 1.29 is 9.53 Å². The molecule has 1 aliphatic heterocycles. The van der Waals surface area contributed by atoms with Gasteiger partial charge in [0.15, 0.2) is 0 Å². The van der Waals surface area contributed by atoms with E-state index in [-0.39, 0.29) is 11.9 Å². The van der Waals surface area contributed by atoms with Gasteiger partial charge in [-0.15, -0.1) is 11.3 Å². The number of aromatic amines is 1. The third-order valence-corrected chi connectivity index (χ3v) is 5.19. The molecule has 1 N–H and O–H groups in total. The van der Waals surface area contributed by atoms with Gasteiger partial charge in [-0.05, 0) is 38.3 Å². The molecule has 6 nitrogen and oxygen atoms in total. The Labute approximate surface area is 139 Å². The molecule has 23 heavy (non-hydrogen) atoms. The van der Waals surface area contributed by atoms with Gasteiger partial charge in [0, 0.05) is 22.7 Å². The number of nitrogens with one attached hydrogen (secondary N) is 1. The molecule has 1 amide bonds. The fourth-order valence-electron chi connectivity index (χ4n) is 3.01. The van der Waals surface area contributed by atoms with Crippen molar-refractivity contribution in [1.82, 2.24) is 20.1 Å². The van der Waals surface area contributed by atoms with Crippen molar-refractivity contribution in [3.8, 4) is 0 Å². The molecular formula is C16H22N4O2S. The summed E-state index contributed by atoms with van der Waals surface area (Å²) in [6.45, 7) is 5.95. The van der Waals surface area contributed by atoms with Gasteiger partial charge in [0.1, 0.15) is 18.2 Å². The van der Waals surface area contributed by atoms with Gasteiger partial charge in [0.05, 0.1) is 13.2 Å². The number of aryl methyl sites for hydroxylation is 3. The van der Waals surface area contributed by atoms with E-state index in [0.717, 1.165) is 12.8 Å². The molecule has 3 heterocycles. The zero-order valence-electron chi connectivity index (χ0n) is 13.5. The summed E-state index contributed by atoms with van der Waals surface area (Å²) in [5.41, 5.74) is 1.37. The highest BCUT2D eigenvalue weighted by Crippen LogP contribution is 2.24. The maximum Gasteiger partial charge on any atom is 0.223 e. The Morgan fingerprint density at radius 1 is 1.52 bits per heavy atom. The molecule has 1 aliphatic rings. The van der Waals surface area contributed by atoms with Gasteiger partial charge in [0.2, 0.25) is 5.91 Å². The van der Waals surface area contributed by atoms with Crippen LogP contribution in [0.3, 0.4) is 0 Å². The van der Waals surface area contributed by atoms with Crippen molar-refractivity contribution >= 4 is 17.2 Å². The highest BCUT2D eigenvalue weighted by atomic mass is 32.1. The van der Waals surface area contributed by atoms with Crippen LogP contribution < -0.4 is 0 Å². The van der Waals surface area contributed by atoms with Crippen LogP contribution >= 0.6 is 11.3 Å². The van der Waals surface area contributed by atoms with E-state index < -0.39 is 0 Å². The van der Waals surface area contributed by atoms with Crippen LogP contribution in [0.2, 0.25) is 0 Å². The molecule has 0 aromatic carbocycles. The number of amides is 1. The van der Waals surface area contributed by atoms with E-state index in [1.807, 2.05) is 16.2 Å². The van der Waals surface area contributed by atoms with Crippen LogP contribution in [-0.2, 0) is 16.0 Å². The van der Waals surface area contributed by atoms with Crippen molar-refractivity contribution in [1.29, 1.82) is 0 Å². The molecule has 0 bridgehead atoms. The number of rotatable bonds is 5. The minimum absolute atomic E-state index is 0.149. The van der Waals surface area contributed by atoms with Gasteiger partial charge in [-0.3, -0.25) is 9.89 Å². The number of ether oxygens (including phenoxy) is 1. The number of aromatic nitrogens is 3. The summed E-state index contributed by atoms with van der Waals surface area (Å²) >= 11 is 1.82. The van der Waals surface area contributed by atoms with Crippen molar-refractivity contribution in [2.24, 2.45) is 0 Å². The van der Waals surface area contributed by atoms with Gasteiger partial charge in [-0.25, -0.2) is 4.98 Å². The standard InChI is InChI=1S/C16H22N4O2S/c1-11-8-13(12(2)23-11)4-3-5-15(21)20-6-7-22-9-14(20)16-17-10-18-19-16/h8,10,14H,3-7,9H2,1-2H3,(H,17,18,19)/t14-/m1/s1. The molecule has 0 radical (unpaired) electrons. The average Bonchev–Trinajstić information content (AvgIpc) is 3.17. The summed E-state index contributed by atoms with van der Waals surface area (Å²) in [6.07, 6.45) is 3.85. The van der Waals surface area contributed by atoms with Crippen LogP contribution in [0.15, 0.2) is 12.4 Å². The molecule has 1 atom stereocenters. The summed E-state index contributed by atoms with van der Waals surface area (Å²) < 4.78 is 5.50. The summed E-state index contributed by atoms with van der Waals surface area (Å²) in [5, 5.41) is 6.73. The Morgan fingerprint density at radius 2 is 2.39 bits per heavy atom. The number of hydrogen-bond acceptors (Lipinski definition) is 5. The van der Waals surface area contributed by atoms with E-state index in [1.54, 1.807) is 0 Å². The lowest BCUT2D eigenvalue weighted by Gasteiger charge is -2.34. The highest BCUT2D eigenvalue weighted by Gasteiger charge is 2.30. The molecule has 0 spiro atoms. The predicted octanol–water partition coefficient (Wildman–Crippen LogP) is 2.41. The first-order chi connectivity index (χ1) is 11.1. The van der Waals surface area contributed by atoms with E-state index in [9.17, 15) is 4.79 Å². The third-order valence-electron chi connectivity index (χ3n) is 4.18. The Bertz CT molecular complexity index is 653. The van der Waals surface area contributed by atoms with Crippen molar-refractivity contribution in [3.63, 3.8) is 0 Å². The second-order valence-corrected chi connectivity index (χ2v) is 7.30. The predicted molar refractivity (Wildman–Crippen MR) is 88.4 cm³/mol. The van der Waals surface area contributed by atoms with E-state index in [1.165, 1.54) is 21.6 Å². The van der Waals surface area contributed by atoms with Crippen LogP contribution in [0.1, 0.15) is 40.0 Å². The van der Waals surface area contributed by atoms with Crippen LogP contribution in [-0.4, -0.2) is 45.7 Å². The first-order valence-corrected chi connectivity index (χ1v) is 8.75. The molecule has 7 heteroatoms. The molecule has 124 valence electrons. The number of morpholine rings is 1. The fourth-order valence-corrected chi connectivity index (χ4v) is 3.99. The Balaban J connectivity index is 1.57. The van der Waals surface area contributed by atoms with E-state index in [0.29, 0.717) is 32.0 Å². The zero-order chi connectivity index (χ0) is 16.2. The lowest BCUT2D eigenvalue weighted by atomic mass is 10.1. The minimum Gasteiger partial charge on any atom is -0.377 e. The number of carbonyl (C=O) groups excluding carboxylic acids is 1. The largest absolute Gasteiger partial charge is 0.377 e. The topological polar surface area (TPSA) is 71.1 Å². The van der Waals surface area contributed by atoms with E-state index >= 15 is 0 Å². The smallest absolute Gasteiger partial charge is 0.223 e. The van der Waals surface area contributed by atoms with Gasteiger partial charge in [0.25, 0.3) is 0 Å². The third kappa shape index (κ3) is 3.79. The van der Waals surface area contributed by atoms with Gasteiger partial charge < -0.3 is 9.64 Å². The lowest BCUT2D eigenvalue weighted by Crippen LogP contribution is -2.43. The molecule has 1 fully saturated rings. The highest BCUT2D eigenvalue weighted by molar-refractivity contribution is 7.12. The quantitative estimate of drug-likeness (QED) is 0.911. The Morgan fingerprint density at radius 3 is 3.09 bits per heavy atom. The van der Waals surface area contributed by atoms with Crippen LogP contribution in [0.25, 0.3) is 0 Å². The molecule has 0 aliphatic carbocycles. The number of carbonyl (C=O) groups is 1. The maximum atomic E-state index is 12.6. The number of hydrogen-bond donors (Lipinski definition) is 1. The Hall–Kier alpha value is -1.73. The molecule has 0 unspecified atom stereocenters. The van der Waals surface area contributed by atoms with Crippen LogP contribution in [0.4, 0.5) is 0 Å². The van der Waals surface area contributed by atoms with Crippen LogP contribution in [0, 0.1) is 13.8 Å². The minimum atomic E-state index is -0.149. The van der Waals surface area contributed by atoms with Gasteiger partial charge in [-0.2, -0.15) is 5.10 Å². The molecule has 1 saturated heterocycles. The molecule has 2 aromatic rings. The second kappa shape index (κ2) is 7.23. The van der Waals surface area contributed by atoms with E-state index in [4.69, 9.17) is 4.74 Å². The summed E-state index contributed by atoms with van der Waals surface area (Å²) in [6, 6.07) is 2.08. The van der Waals surface area contributed by atoms with Gasteiger partial charge in [-0.1, -0.05) is 0 Å². The molecule has 2 aromatic heterocycles. The molecule has 3 rings (SSSR count).